The summed E-state index contributed by atoms with van der Waals surface area (Å²) in [6.07, 6.45) is 3.63. The first kappa shape index (κ1) is 9.91. The lowest BCUT2D eigenvalue weighted by atomic mass is 10.0. The zero-order valence-electron chi connectivity index (χ0n) is 9.92. The van der Waals surface area contributed by atoms with E-state index in [9.17, 15) is 0 Å². The number of aromatic nitrogens is 1. The Morgan fingerprint density at radius 3 is 3.06 bits per heavy atom. The summed E-state index contributed by atoms with van der Waals surface area (Å²) < 4.78 is 2.51. The number of hydrogen-bond donors (Lipinski definition) is 1. The smallest absolute Gasteiger partial charge is 0.0781 e. The van der Waals surface area contributed by atoms with Crippen LogP contribution in [0.3, 0.4) is 0 Å². The van der Waals surface area contributed by atoms with Gasteiger partial charge in [-0.3, -0.25) is 0 Å². The Balaban J connectivity index is 2.36. The Hall–Kier alpha value is -1.28. The van der Waals surface area contributed by atoms with Crippen molar-refractivity contribution in [2.45, 2.75) is 32.7 Å². The highest BCUT2D eigenvalue weighted by molar-refractivity contribution is 5.88. The van der Waals surface area contributed by atoms with Crippen LogP contribution < -0.4 is 5.73 Å². The van der Waals surface area contributed by atoms with E-state index in [4.69, 9.17) is 0 Å². The van der Waals surface area contributed by atoms with Crippen LogP contribution in [0.25, 0.3) is 10.9 Å². The highest BCUT2D eigenvalue weighted by Gasteiger charge is 2.18. The topological polar surface area (TPSA) is 32.6 Å². The molecule has 0 spiro atoms. The number of benzene rings is 1. The maximum atomic E-state index is 3.99. The molecule has 0 unspecified atom stereocenters. The van der Waals surface area contributed by atoms with Crippen LogP contribution in [0.5, 0.6) is 0 Å². The van der Waals surface area contributed by atoms with Gasteiger partial charge in [-0.05, 0) is 30.9 Å². The van der Waals surface area contributed by atoms with E-state index in [1.807, 2.05) is 0 Å². The number of hydrogen-bond acceptors (Lipinski definition) is 0. The molecule has 0 fully saturated rings. The van der Waals surface area contributed by atoms with Crippen molar-refractivity contribution in [1.29, 1.82) is 0 Å². The Morgan fingerprint density at radius 2 is 2.25 bits per heavy atom. The molecule has 0 saturated carbocycles. The second-order valence-corrected chi connectivity index (χ2v) is 4.74. The van der Waals surface area contributed by atoms with Crippen molar-refractivity contribution in [2.75, 3.05) is 6.54 Å². The Labute approximate surface area is 96.1 Å². The van der Waals surface area contributed by atoms with E-state index in [-0.39, 0.29) is 0 Å². The first-order valence-corrected chi connectivity index (χ1v) is 6.21. The molecule has 0 amide bonds. The molecule has 1 aromatic heterocycles. The molecule has 16 heavy (non-hydrogen) atoms. The summed E-state index contributed by atoms with van der Waals surface area (Å²) >= 11 is 0. The van der Waals surface area contributed by atoms with Crippen LogP contribution in [0, 0.1) is 6.92 Å². The average molecular weight is 215 g/mol. The first-order valence-electron chi connectivity index (χ1n) is 6.21. The van der Waals surface area contributed by atoms with Crippen LogP contribution >= 0.6 is 0 Å². The molecule has 1 aromatic carbocycles. The molecule has 3 rings (SSSR count). The lowest BCUT2D eigenvalue weighted by molar-refractivity contribution is -0.366. The highest BCUT2D eigenvalue weighted by atomic mass is 15.0. The molecule has 0 atom stereocenters. The van der Waals surface area contributed by atoms with Crippen LogP contribution in [-0.2, 0) is 19.4 Å². The van der Waals surface area contributed by atoms with Crippen molar-refractivity contribution in [1.82, 2.24) is 4.57 Å². The molecule has 1 aliphatic heterocycles. The van der Waals surface area contributed by atoms with Gasteiger partial charge in [0.15, 0.2) is 0 Å². The summed E-state index contributed by atoms with van der Waals surface area (Å²) in [5.74, 6) is 0. The molecule has 2 aromatic rings. The van der Waals surface area contributed by atoms with E-state index < -0.39 is 0 Å². The molecule has 2 nitrogen and oxygen atoms in total. The Morgan fingerprint density at radius 1 is 1.38 bits per heavy atom. The van der Waals surface area contributed by atoms with Crippen molar-refractivity contribution in [2.24, 2.45) is 0 Å². The highest BCUT2D eigenvalue weighted by Crippen LogP contribution is 2.32. The Kier molecular flexibility index (Phi) is 2.25. The fourth-order valence-electron chi connectivity index (χ4n) is 3.08. The summed E-state index contributed by atoms with van der Waals surface area (Å²) in [6, 6.07) is 6.77. The number of quaternary nitrogens is 1. The van der Waals surface area contributed by atoms with Crippen molar-refractivity contribution < 1.29 is 5.73 Å². The first-order chi connectivity index (χ1) is 7.83. The van der Waals surface area contributed by atoms with Gasteiger partial charge in [0, 0.05) is 24.0 Å². The van der Waals surface area contributed by atoms with Gasteiger partial charge in [0.05, 0.1) is 12.1 Å². The van der Waals surface area contributed by atoms with Crippen LogP contribution in [0.15, 0.2) is 18.2 Å². The summed E-state index contributed by atoms with van der Waals surface area (Å²) in [6.45, 7) is 4.45. The fourth-order valence-corrected chi connectivity index (χ4v) is 3.08. The van der Waals surface area contributed by atoms with Crippen LogP contribution in [0.4, 0.5) is 0 Å². The predicted octanol–water partition coefficient (Wildman–Crippen LogP) is 1.68. The minimum atomic E-state index is 0.990. The van der Waals surface area contributed by atoms with Crippen molar-refractivity contribution in [3.05, 3.63) is 35.0 Å². The molecular formula is C14H19N2+. The molecule has 0 saturated heterocycles. The van der Waals surface area contributed by atoms with E-state index in [2.05, 4.69) is 35.4 Å². The average Bonchev–Trinajstić information content (AvgIpc) is 2.58. The minimum absolute atomic E-state index is 0.990. The summed E-state index contributed by atoms with van der Waals surface area (Å²) in [7, 11) is 0. The molecule has 1 aliphatic rings. The standard InChI is InChI=1S/C14H18N2/c1-10-12(7-8-15)13-6-2-4-11-5-3-9-16(10)14(11)13/h2,4,6H,3,5,7-9,15H2,1H3/p+1. The van der Waals surface area contributed by atoms with Crippen molar-refractivity contribution in [3.8, 4) is 0 Å². The van der Waals surface area contributed by atoms with E-state index in [1.165, 1.54) is 47.1 Å². The predicted molar refractivity (Wildman–Crippen MR) is 66.5 cm³/mol. The van der Waals surface area contributed by atoms with Crippen molar-refractivity contribution in [3.63, 3.8) is 0 Å². The molecule has 0 bridgehead atoms. The SMILES string of the molecule is Cc1c(CC[NH3+])c2cccc3c2n1CCC3. The largest absolute Gasteiger partial charge is 0.357 e. The lowest BCUT2D eigenvalue weighted by Gasteiger charge is -2.16. The van der Waals surface area contributed by atoms with Gasteiger partial charge >= 0.3 is 0 Å². The number of nitrogens with zero attached hydrogens (tertiary/aromatic N) is 1. The van der Waals surface area contributed by atoms with E-state index >= 15 is 0 Å². The zero-order valence-corrected chi connectivity index (χ0v) is 9.92. The normalized spacial score (nSPS) is 14.6. The van der Waals surface area contributed by atoms with Gasteiger partial charge in [0.2, 0.25) is 0 Å². The molecule has 2 heteroatoms. The van der Waals surface area contributed by atoms with Gasteiger partial charge < -0.3 is 10.3 Å². The van der Waals surface area contributed by atoms with Crippen molar-refractivity contribution >= 4 is 10.9 Å². The molecule has 0 radical (unpaired) electrons. The quantitative estimate of drug-likeness (QED) is 0.790. The lowest BCUT2D eigenvalue weighted by Crippen LogP contribution is -2.51. The molecule has 0 aliphatic carbocycles. The van der Waals surface area contributed by atoms with Crippen LogP contribution in [-0.4, -0.2) is 11.1 Å². The second-order valence-electron chi connectivity index (χ2n) is 4.74. The van der Waals surface area contributed by atoms with Gasteiger partial charge in [0.25, 0.3) is 0 Å². The number of para-hydroxylation sites is 1. The zero-order chi connectivity index (χ0) is 11.1. The molecule has 84 valence electrons. The van der Waals surface area contributed by atoms with Gasteiger partial charge in [-0.1, -0.05) is 18.2 Å². The van der Waals surface area contributed by atoms with Gasteiger partial charge in [-0.15, -0.1) is 0 Å². The van der Waals surface area contributed by atoms with E-state index in [1.54, 1.807) is 0 Å². The fraction of sp³-hybridized carbons (Fsp3) is 0.429. The molecule has 2 heterocycles. The monoisotopic (exact) mass is 215 g/mol. The summed E-state index contributed by atoms with van der Waals surface area (Å²) in [5, 5.41) is 1.47. The van der Waals surface area contributed by atoms with Crippen LogP contribution in [0.2, 0.25) is 0 Å². The summed E-state index contributed by atoms with van der Waals surface area (Å²) in [4.78, 5) is 0. The van der Waals surface area contributed by atoms with Gasteiger partial charge in [0.1, 0.15) is 0 Å². The van der Waals surface area contributed by atoms with Crippen LogP contribution in [0.1, 0.15) is 23.2 Å². The summed E-state index contributed by atoms with van der Waals surface area (Å²) in [5.41, 5.74) is 10.0. The minimum Gasteiger partial charge on any atom is -0.357 e. The Bertz CT molecular complexity index is 537. The second kappa shape index (κ2) is 3.63. The third-order valence-corrected chi connectivity index (χ3v) is 3.81. The molecule has 3 N–H and O–H groups in total. The van der Waals surface area contributed by atoms with E-state index in [0.29, 0.717) is 0 Å². The number of aryl methyl sites for hydroxylation is 2. The van der Waals surface area contributed by atoms with Gasteiger partial charge in [-0.2, -0.15) is 0 Å². The molecular weight excluding hydrogens is 196 g/mol. The maximum absolute atomic E-state index is 3.99. The maximum Gasteiger partial charge on any atom is 0.0781 e. The number of rotatable bonds is 2. The third-order valence-electron chi connectivity index (χ3n) is 3.81. The third kappa shape index (κ3) is 1.23. The van der Waals surface area contributed by atoms with E-state index in [0.717, 1.165) is 13.0 Å². The van der Waals surface area contributed by atoms with Gasteiger partial charge in [-0.25, -0.2) is 0 Å².